The Labute approximate surface area is 89.8 Å². The van der Waals surface area contributed by atoms with E-state index in [-0.39, 0.29) is 17.5 Å². The van der Waals surface area contributed by atoms with Gasteiger partial charge in [-0.05, 0) is 12.8 Å². The molecule has 1 rings (SSSR count). The Morgan fingerprint density at radius 1 is 1.60 bits per heavy atom. The fraction of sp³-hybridized carbons (Fsp3) is 0.889. The topological polar surface area (TPSA) is 83.5 Å². The molecular weight excluding hydrogens is 218 g/mol. The van der Waals surface area contributed by atoms with E-state index in [4.69, 9.17) is 5.11 Å². The summed E-state index contributed by atoms with van der Waals surface area (Å²) < 4.78 is 22.3. The van der Waals surface area contributed by atoms with Gasteiger partial charge in [0, 0.05) is 6.04 Å². The van der Waals surface area contributed by atoms with Crippen LogP contribution in [-0.4, -0.2) is 43.1 Å². The van der Waals surface area contributed by atoms with Crippen LogP contribution in [0.15, 0.2) is 0 Å². The average Bonchev–Trinajstić information content (AvgIpc) is 2.44. The second-order valence-corrected chi connectivity index (χ2v) is 6.17. The van der Waals surface area contributed by atoms with E-state index in [0.717, 1.165) is 6.42 Å². The summed E-state index contributed by atoms with van der Waals surface area (Å²) in [5.74, 6) is -0.662. The fourth-order valence-corrected chi connectivity index (χ4v) is 3.46. The first-order valence-electron chi connectivity index (χ1n) is 5.14. The zero-order valence-electron chi connectivity index (χ0n) is 8.77. The molecular formula is C9H17NO4S. The first-order valence-corrected chi connectivity index (χ1v) is 6.96. The van der Waals surface area contributed by atoms with Gasteiger partial charge in [0.2, 0.25) is 0 Å². The number of hydrogen-bond acceptors (Lipinski definition) is 4. The van der Waals surface area contributed by atoms with E-state index < -0.39 is 21.8 Å². The summed E-state index contributed by atoms with van der Waals surface area (Å²) in [5.41, 5.74) is 0. The molecule has 88 valence electrons. The van der Waals surface area contributed by atoms with E-state index in [1.54, 1.807) is 0 Å². The highest BCUT2D eigenvalue weighted by molar-refractivity contribution is 7.91. The highest BCUT2D eigenvalue weighted by Gasteiger charge is 2.30. The van der Waals surface area contributed by atoms with Gasteiger partial charge in [-0.3, -0.25) is 4.79 Å². The smallest absolute Gasteiger partial charge is 0.320 e. The Balaban J connectivity index is 2.49. The fourth-order valence-electron chi connectivity index (χ4n) is 1.78. The largest absolute Gasteiger partial charge is 0.480 e. The molecule has 0 spiro atoms. The summed E-state index contributed by atoms with van der Waals surface area (Å²) in [6.07, 6.45) is 1.82. The number of aliphatic carboxylic acids is 1. The Bertz CT molecular complexity index is 325. The van der Waals surface area contributed by atoms with E-state index in [0.29, 0.717) is 12.8 Å². The average molecular weight is 235 g/mol. The van der Waals surface area contributed by atoms with Crippen LogP contribution in [0, 0.1) is 0 Å². The first-order chi connectivity index (χ1) is 6.94. The minimum Gasteiger partial charge on any atom is -0.480 e. The van der Waals surface area contributed by atoms with Crippen molar-refractivity contribution in [3.8, 4) is 0 Å². The minimum atomic E-state index is -2.94. The highest BCUT2D eigenvalue weighted by atomic mass is 32.2. The lowest BCUT2D eigenvalue weighted by Gasteiger charge is -2.17. The number of sulfone groups is 1. The van der Waals surface area contributed by atoms with Crippen molar-refractivity contribution in [2.24, 2.45) is 0 Å². The van der Waals surface area contributed by atoms with Crippen molar-refractivity contribution < 1.29 is 18.3 Å². The summed E-state index contributed by atoms with van der Waals surface area (Å²) in [7, 11) is -2.94. The molecule has 0 saturated carbocycles. The third-order valence-corrected chi connectivity index (χ3v) is 4.31. The first kappa shape index (κ1) is 12.4. The third-order valence-electron chi connectivity index (χ3n) is 2.54. The molecule has 5 nitrogen and oxygen atoms in total. The molecule has 15 heavy (non-hydrogen) atoms. The Hall–Kier alpha value is -0.620. The maximum Gasteiger partial charge on any atom is 0.320 e. The number of nitrogens with one attached hydrogen (secondary N) is 1. The van der Waals surface area contributed by atoms with Crippen LogP contribution in [0.25, 0.3) is 0 Å². The number of carbonyl (C=O) groups is 1. The van der Waals surface area contributed by atoms with Gasteiger partial charge in [0.05, 0.1) is 11.5 Å². The van der Waals surface area contributed by atoms with E-state index in [1.807, 2.05) is 6.92 Å². The Kier molecular flexibility index (Phi) is 4.10. The van der Waals surface area contributed by atoms with Crippen LogP contribution >= 0.6 is 0 Å². The lowest BCUT2D eigenvalue weighted by molar-refractivity contribution is -0.139. The summed E-state index contributed by atoms with van der Waals surface area (Å²) in [6.45, 7) is 1.91. The van der Waals surface area contributed by atoms with Crippen LogP contribution in [0.3, 0.4) is 0 Å². The molecule has 0 aromatic heterocycles. The molecule has 0 unspecified atom stereocenters. The van der Waals surface area contributed by atoms with Gasteiger partial charge in [0.1, 0.15) is 6.04 Å². The second-order valence-electron chi connectivity index (χ2n) is 3.95. The second kappa shape index (κ2) is 4.94. The SMILES string of the molecule is CCC[C@@H](N[C@H]1CCS(=O)(=O)C1)C(=O)O. The number of hydrogen-bond donors (Lipinski definition) is 2. The summed E-state index contributed by atoms with van der Waals surface area (Å²) in [6, 6.07) is -0.809. The Morgan fingerprint density at radius 3 is 2.67 bits per heavy atom. The van der Waals surface area contributed by atoms with Gasteiger partial charge in [-0.25, -0.2) is 8.42 Å². The zero-order valence-corrected chi connectivity index (χ0v) is 9.59. The molecule has 0 aromatic carbocycles. The molecule has 1 aliphatic heterocycles. The molecule has 6 heteroatoms. The molecule has 2 atom stereocenters. The molecule has 0 amide bonds. The van der Waals surface area contributed by atoms with E-state index in [1.165, 1.54) is 0 Å². The van der Waals surface area contributed by atoms with Gasteiger partial charge < -0.3 is 10.4 Å². The van der Waals surface area contributed by atoms with Crippen LogP contribution in [0.4, 0.5) is 0 Å². The normalized spacial score (nSPS) is 26.3. The molecule has 0 aliphatic carbocycles. The van der Waals surface area contributed by atoms with Gasteiger partial charge >= 0.3 is 5.97 Å². The molecule has 0 aromatic rings. The zero-order chi connectivity index (χ0) is 11.5. The predicted molar refractivity (Wildman–Crippen MR) is 56.5 cm³/mol. The lowest BCUT2D eigenvalue weighted by Crippen LogP contribution is -2.43. The number of carboxylic acids is 1. The van der Waals surface area contributed by atoms with Gasteiger partial charge in [-0.2, -0.15) is 0 Å². The summed E-state index contributed by atoms with van der Waals surface area (Å²) >= 11 is 0. The summed E-state index contributed by atoms with van der Waals surface area (Å²) in [4.78, 5) is 10.8. The lowest BCUT2D eigenvalue weighted by atomic mass is 10.1. The van der Waals surface area contributed by atoms with Crippen molar-refractivity contribution in [2.45, 2.75) is 38.3 Å². The van der Waals surface area contributed by atoms with Crippen LogP contribution in [0.2, 0.25) is 0 Å². The maximum atomic E-state index is 11.2. The van der Waals surface area contributed by atoms with E-state index in [9.17, 15) is 13.2 Å². The van der Waals surface area contributed by atoms with Crippen molar-refractivity contribution in [2.75, 3.05) is 11.5 Å². The van der Waals surface area contributed by atoms with E-state index >= 15 is 0 Å². The van der Waals surface area contributed by atoms with Gasteiger partial charge in [0.15, 0.2) is 9.84 Å². The minimum absolute atomic E-state index is 0.0699. The molecule has 0 radical (unpaired) electrons. The van der Waals surface area contributed by atoms with Crippen molar-refractivity contribution in [3.05, 3.63) is 0 Å². The van der Waals surface area contributed by atoms with Crippen LogP contribution in [-0.2, 0) is 14.6 Å². The van der Waals surface area contributed by atoms with Gasteiger partial charge in [-0.1, -0.05) is 13.3 Å². The Morgan fingerprint density at radius 2 is 2.27 bits per heavy atom. The predicted octanol–water partition coefficient (Wildman–Crippen LogP) is 0.0164. The maximum absolute atomic E-state index is 11.2. The quantitative estimate of drug-likeness (QED) is 0.701. The van der Waals surface area contributed by atoms with Gasteiger partial charge in [0.25, 0.3) is 0 Å². The van der Waals surface area contributed by atoms with E-state index in [2.05, 4.69) is 5.32 Å². The number of rotatable bonds is 5. The monoisotopic (exact) mass is 235 g/mol. The third kappa shape index (κ3) is 3.79. The van der Waals surface area contributed by atoms with Crippen LogP contribution in [0.1, 0.15) is 26.2 Å². The van der Waals surface area contributed by atoms with Crippen LogP contribution < -0.4 is 5.32 Å². The molecule has 1 fully saturated rings. The molecule has 2 N–H and O–H groups in total. The molecule has 0 bridgehead atoms. The van der Waals surface area contributed by atoms with Gasteiger partial charge in [-0.15, -0.1) is 0 Å². The van der Waals surface area contributed by atoms with Crippen LogP contribution in [0.5, 0.6) is 0 Å². The summed E-state index contributed by atoms with van der Waals surface area (Å²) in [5, 5.41) is 11.8. The standard InChI is InChI=1S/C9H17NO4S/c1-2-3-8(9(11)12)10-7-4-5-15(13,14)6-7/h7-8,10H,2-6H2,1H3,(H,11,12)/t7-,8+/m0/s1. The van der Waals surface area contributed by atoms with Crippen molar-refractivity contribution in [1.29, 1.82) is 0 Å². The highest BCUT2D eigenvalue weighted by Crippen LogP contribution is 2.13. The molecule has 1 heterocycles. The van der Waals surface area contributed by atoms with Crippen molar-refractivity contribution in [1.82, 2.24) is 5.32 Å². The molecule has 1 saturated heterocycles. The van der Waals surface area contributed by atoms with Crippen molar-refractivity contribution in [3.63, 3.8) is 0 Å². The molecule has 1 aliphatic rings. The number of carboxylic acid groups (broad SMARTS) is 1. The van der Waals surface area contributed by atoms with Crippen molar-refractivity contribution >= 4 is 15.8 Å².